The Labute approximate surface area is 114 Å². The molecule has 1 aliphatic heterocycles. The number of hydrogen-bond donors (Lipinski definition) is 2. The molecule has 1 atom stereocenters. The Bertz CT molecular complexity index is 446. The molecule has 1 amide bonds. The van der Waals surface area contributed by atoms with Crippen molar-refractivity contribution in [3.8, 4) is 0 Å². The SMILES string of the molecule is COCCC(C)NC(=O)c1cccc2c1NCCC2. The average Bonchev–Trinajstić information content (AvgIpc) is 2.44. The summed E-state index contributed by atoms with van der Waals surface area (Å²) in [6.07, 6.45) is 3.00. The van der Waals surface area contributed by atoms with Gasteiger partial charge in [-0.3, -0.25) is 4.79 Å². The maximum absolute atomic E-state index is 12.3. The lowest BCUT2D eigenvalue weighted by Gasteiger charge is -2.22. The quantitative estimate of drug-likeness (QED) is 0.855. The second-order valence-corrected chi connectivity index (χ2v) is 5.03. The predicted molar refractivity (Wildman–Crippen MR) is 76.7 cm³/mol. The fourth-order valence-corrected chi connectivity index (χ4v) is 2.37. The zero-order valence-electron chi connectivity index (χ0n) is 11.7. The third-order valence-electron chi connectivity index (χ3n) is 3.45. The van der Waals surface area contributed by atoms with Crippen molar-refractivity contribution in [2.75, 3.05) is 25.6 Å². The molecule has 1 aromatic carbocycles. The van der Waals surface area contributed by atoms with Crippen LogP contribution in [0.15, 0.2) is 18.2 Å². The summed E-state index contributed by atoms with van der Waals surface area (Å²) in [5, 5.41) is 6.37. The van der Waals surface area contributed by atoms with Crippen LogP contribution < -0.4 is 10.6 Å². The van der Waals surface area contributed by atoms with Crippen molar-refractivity contribution in [2.45, 2.75) is 32.2 Å². The molecule has 0 saturated heterocycles. The molecule has 1 unspecified atom stereocenters. The summed E-state index contributed by atoms with van der Waals surface area (Å²) in [4.78, 5) is 12.3. The fraction of sp³-hybridized carbons (Fsp3) is 0.533. The molecule has 1 heterocycles. The molecule has 104 valence electrons. The van der Waals surface area contributed by atoms with Gasteiger partial charge in [-0.2, -0.15) is 0 Å². The fourth-order valence-electron chi connectivity index (χ4n) is 2.37. The van der Waals surface area contributed by atoms with E-state index in [1.54, 1.807) is 7.11 Å². The summed E-state index contributed by atoms with van der Waals surface area (Å²) in [6.45, 7) is 3.60. The molecule has 4 heteroatoms. The van der Waals surface area contributed by atoms with E-state index in [1.807, 2.05) is 19.1 Å². The molecular weight excluding hydrogens is 240 g/mol. The largest absolute Gasteiger partial charge is 0.385 e. The molecule has 0 fully saturated rings. The molecular formula is C15H22N2O2. The van der Waals surface area contributed by atoms with Crippen LogP contribution in [0.2, 0.25) is 0 Å². The van der Waals surface area contributed by atoms with E-state index >= 15 is 0 Å². The van der Waals surface area contributed by atoms with Gasteiger partial charge in [-0.15, -0.1) is 0 Å². The molecule has 19 heavy (non-hydrogen) atoms. The number of carbonyl (C=O) groups is 1. The monoisotopic (exact) mass is 262 g/mol. The molecule has 1 aliphatic rings. The van der Waals surface area contributed by atoms with Crippen LogP contribution in [0.3, 0.4) is 0 Å². The van der Waals surface area contributed by atoms with Crippen molar-refractivity contribution < 1.29 is 9.53 Å². The minimum absolute atomic E-state index is 0.00477. The van der Waals surface area contributed by atoms with Gasteiger partial charge in [-0.1, -0.05) is 12.1 Å². The highest BCUT2D eigenvalue weighted by Gasteiger charge is 2.18. The highest BCUT2D eigenvalue weighted by Crippen LogP contribution is 2.25. The van der Waals surface area contributed by atoms with Crippen molar-refractivity contribution in [2.24, 2.45) is 0 Å². The van der Waals surface area contributed by atoms with E-state index in [4.69, 9.17) is 4.74 Å². The summed E-state index contributed by atoms with van der Waals surface area (Å²) in [6, 6.07) is 6.05. The Morgan fingerprint density at radius 3 is 3.16 bits per heavy atom. The number of fused-ring (bicyclic) bond motifs is 1. The minimum Gasteiger partial charge on any atom is -0.385 e. The number of anilines is 1. The van der Waals surface area contributed by atoms with Crippen LogP contribution in [0.25, 0.3) is 0 Å². The predicted octanol–water partition coefficient (Wildman–Crippen LogP) is 2.20. The molecule has 0 saturated carbocycles. The Hall–Kier alpha value is -1.55. The summed E-state index contributed by atoms with van der Waals surface area (Å²) >= 11 is 0. The van der Waals surface area contributed by atoms with Gasteiger partial charge in [0.05, 0.1) is 11.3 Å². The van der Waals surface area contributed by atoms with E-state index in [9.17, 15) is 4.79 Å². The number of benzene rings is 1. The van der Waals surface area contributed by atoms with E-state index in [2.05, 4.69) is 16.7 Å². The molecule has 0 aliphatic carbocycles. The summed E-state index contributed by atoms with van der Waals surface area (Å²) < 4.78 is 5.03. The van der Waals surface area contributed by atoms with Crippen molar-refractivity contribution in [3.05, 3.63) is 29.3 Å². The van der Waals surface area contributed by atoms with Gasteiger partial charge in [0, 0.05) is 26.3 Å². The molecule has 2 rings (SSSR count). The molecule has 0 aromatic heterocycles. The Morgan fingerprint density at radius 2 is 2.37 bits per heavy atom. The third kappa shape index (κ3) is 3.47. The van der Waals surface area contributed by atoms with Crippen molar-refractivity contribution in [3.63, 3.8) is 0 Å². The van der Waals surface area contributed by atoms with Crippen molar-refractivity contribution in [1.82, 2.24) is 5.32 Å². The minimum atomic E-state index is -0.00477. The average molecular weight is 262 g/mol. The molecule has 4 nitrogen and oxygen atoms in total. The van der Waals surface area contributed by atoms with Gasteiger partial charge in [-0.05, 0) is 37.8 Å². The number of nitrogens with one attached hydrogen (secondary N) is 2. The maximum atomic E-state index is 12.3. The zero-order valence-corrected chi connectivity index (χ0v) is 11.7. The second-order valence-electron chi connectivity index (χ2n) is 5.03. The first-order valence-electron chi connectivity index (χ1n) is 6.88. The Kier molecular flexibility index (Phi) is 4.80. The smallest absolute Gasteiger partial charge is 0.253 e. The standard InChI is InChI=1S/C15H22N2O2/c1-11(8-10-19-2)17-15(18)13-7-3-5-12-6-4-9-16-14(12)13/h3,5,7,11,16H,4,6,8-10H2,1-2H3,(H,17,18). The van der Waals surface area contributed by atoms with Crippen LogP contribution >= 0.6 is 0 Å². The summed E-state index contributed by atoms with van der Waals surface area (Å²) in [5.74, 6) is -0.00477. The number of para-hydroxylation sites is 1. The van der Waals surface area contributed by atoms with E-state index < -0.39 is 0 Å². The lowest BCUT2D eigenvalue weighted by Crippen LogP contribution is -2.34. The topological polar surface area (TPSA) is 50.4 Å². The Balaban J connectivity index is 2.07. The Morgan fingerprint density at radius 1 is 1.53 bits per heavy atom. The number of hydrogen-bond acceptors (Lipinski definition) is 3. The number of carbonyl (C=O) groups excluding carboxylic acids is 1. The number of amides is 1. The van der Waals surface area contributed by atoms with Crippen molar-refractivity contribution in [1.29, 1.82) is 0 Å². The van der Waals surface area contributed by atoms with Crippen LogP contribution in [-0.4, -0.2) is 32.2 Å². The zero-order chi connectivity index (χ0) is 13.7. The number of rotatable bonds is 5. The first-order chi connectivity index (χ1) is 9.22. The molecule has 0 radical (unpaired) electrons. The maximum Gasteiger partial charge on any atom is 0.253 e. The van der Waals surface area contributed by atoms with E-state index in [0.29, 0.717) is 6.61 Å². The summed E-state index contributed by atoms with van der Waals surface area (Å²) in [7, 11) is 1.67. The van der Waals surface area contributed by atoms with Crippen LogP contribution in [0.4, 0.5) is 5.69 Å². The van der Waals surface area contributed by atoms with E-state index in [0.717, 1.165) is 37.1 Å². The van der Waals surface area contributed by atoms with Gasteiger partial charge in [-0.25, -0.2) is 0 Å². The number of aryl methyl sites for hydroxylation is 1. The van der Waals surface area contributed by atoms with Gasteiger partial charge < -0.3 is 15.4 Å². The molecule has 0 bridgehead atoms. The summed E-state index contributed by atoms with van der Waals surface area (Å²) in [5.41, 5.74) is 3.00. The van der Waals surface area contributed by atoms with Crippen LogP contribution in [0.5, 0.6) is 0 Å². The molecule has 0 spiro atoms. The van der Waals surface area contributed by atoms with E-state index in [-0.39, 0.29) is 11.9 Å². The number of ether oxygens (including phenoxy) is 1. The van der Waals surface area contributed by atoms with Gasteiger partial charge in [0.1, 0.15) is 0 Å². The molecule has 2 N–H and O–H groups in total. The number of methoxy groups -OCH3 is 1. The molecule has 1 aromatic rings. The van der Waals surface area contributed by atoms with Gasteiger partial charge in [0.25, 0.3) is 5.91 Å². The van der Waals surface area contributed by atoms with Gasteiger partial charge >= 0.3 is 0 Å². The third-order valence-corrected chi connectivity index (χ3v) is 3.45. The van der Waals surface area contributed by atoms with Crippen LogP contribution in [-0.2, 0) is 11.2 Å². The van der Waals surface area contributed by atoms with Crippen molar-refractivity contribution >= 4 is 11.6 Å². The highest BCUT2D eigenvalue weighted by atomic mass is 16.5. The van der Waals surface area contributed by atoms with Gasteiger partial charge in [0.15, 0.2) is 0 Å². The lowest BCUT2D eigenvalue weighted by molar-refractivity contribution is 0.0930. The van der Waals surface area contributed by atoms with E-state index in [1.165, 1.54) is 5.56 Å². The lowest BCUT2D eigenvalue weighted by atomic mass is 9.99. The van der Waals surface area contributed by atoms with Crippen LogP contribution in [0, 0.1) is 0 Å². The van der Waals surface area contributed by atoms with Crippen LogP contribution in [0.1, 0.15) is 35.7 Å². The highest BCUT2D eigenvalue weighted by molar-refractivity contribution is 6.00. The van der Waals surface area contributed by atoms with Gasteiger partial charge in [0.2, 0.25) is 0 Å². The first-order valence-corrected chi connectivity index (χ1v) is 6.88. The second kappa shape index (κ2) is 6.57. The first kappa shape index (κ1) is 13.9. The normalized spacial score (nSPS) is 15.3.